The van der Waals surface area contributed by atoms with Crippen LogP contribution >= 0.6 is 0 Å². The minimum absolute atomic E-state index is 0.322. The predicted molar refractivity (Wildman–Crippen MR) is 87.0 cm³/mol. The Morgan fingerprint density at radius 1 is 1.05 bits per heavy atom. The van der Waals surface area contributed by atoms with Crippen LogP contribution in [0.25, 0.3) is 0 Å². The van der Waals surface area contributed by atoms with Crippen molar-refractivity contribution in [3.05, 3.63) is 0 Å². The second-order valence-corrected chi connectivity index (χ2v) is 6.96. The fourth-order valence-electron chi connectivity index (χ4n) is 4.28. The first kappa shape index (κ1) is 16.3. The standard InChI is InChI=1S/C17H35N3/c1-3-10-19-11-13-20(14-12-19)17(15-18)8-5-6-16(4-2)7-9-17/h16H,3-15,18H2,1-2H3. The Morgan fingerprint density at radius 2 is 1.80 bits per heavy atom. The van der Waals surface area contributed by atoms with Crippen LogP contribution in [0.3, 0.4) is 0 Å². The van der Waals surface area contributed by atoms with E-state index in [0.29, 0.717) is 5.54 Å². The normalized spacial score (nSPS) is 34.0. The first-order valence-corrected chi connectivity index (χ1v) is 8.91. The fourth-order valence-corrected chi connectivity index (χ4v) is 4.28. The van der Waals surface area contributed by atoms with E-state index in [1.807, 2.05) is 0 Å². The molecule has 0 amide bonds. The molecular formula is C17H35N3. The summed E-state index contributed by atoms with van der Waals surface area (Å²) >= 11 is 0. The molecule has 1 aliphatic carbocycles. The second-order valence-electron chi connectivity index (χ2n) is 6.96. The first-order valence-electron chi connectivity index (χ1n) is 8.91. The summed E-state index contributed by atoms with van der Waals surface area (Å²) in [4.78, 5) is 5.36. The molecule has 2 unspecified atom stereocenters. The first-order chi connectivity index (χ1) is 9.74. The lowest BCUT2D eigenvalue weighted by molar-refractivity contribution is 0.0257. The summed E-state index contributed by atoms with van der Waals surface area (Å²) in [6.45, 7) is 11.7. The number of rotatable bonds is 5. The van der Waals surface area contributed by atoms with Gasteiger partial charge in [0.05, 0.1) is 0 Å². The Labute approximate surface area is 125 Å². The van der Waals surface area contributed by atoms with Crippen molar-refractivity contribution in [2.75, 3.05) is 39.3 Å². The molecule has 1 aliphatic heterocycles. The largest absolute Gasteiger partial charge is 0.329 e. The predicted octanol–water partition coefficient (Wildman–Crippen LogP) is 2.70. The lowest BCUT2D eigenvalue weighted by atomic mass is 9.86. The topological polar surface area (TPSA) is 32.5 Å². The van der Waals surface area contributed by atoms with E-state index in [1.54, 1.807) is 0 Å². The minimum Gasteiger partial charge on any atom is -0.329 e. The SMILES string of the molecule is CCCN1CCN(C2(CN)CCCC(CC)CC2)CC1. The molecule has 3 heteroatoms. The molecule has 0 aromatic rings. The maximum absolute atomic E-state index is 6.26. The number of hydrogen-bond acceptors (Lipinski definition) is 3. The minimum atomic E-state index is 0.322. The van der Waals surface area contributed by atoms with Gasteiger partial charge in [0.15, 0.2) is 0 Å². The van der Waals surface area contributed by atoms with Crippen LogP contribution in [0.15, 0.2) is 0 Å². The zero-order valence-corrected chi connectivity index (χ0v) is 13.7. The Balaban J connectivity index is 1.94. The van der Waals surface area contributed by atoms with Crippen molar-refractivity contribution in [1.29, 1.82) is 0 Å². The van der Waals surface area contributed by atoms with Gasteiger partial charge in [-0.15, -0.1) is 0 Å². The highest BCUT2D eigenvalue weighted by Crippen LogP contribution is 2.35. The van der Waals surface area contributed by atoms with E-state index in [1.165, 1.54) is 77.7 Å². The van der Waals surface area contributed by atoms with Crippen molar-refractivity contribution in [3.63, 3.8) is 0 Å². The molecule has 0 radical (unpaired) electrons. The molecule has 2 fully saturated rings. The Morgan fingerprint density at radius 3 is 2.40 bits per heavy atom. The number of hydrogen-bond donors (Lipinski definition) is 1. The fraction of sp³-hybridized carbons (Fsp3) is 1.00. The molecule has 3 nitrogen and oxygen atoms in total. The van der Waals surface area contributed by atoms with E-state index >= 15 is 0 Å². The molecule has 1 saturated carbocycles. The molecule has 2 aliphatic rings. The Hall–Kier alpha value is -0.120. The van der Waals surface area contributed by atoms with Gasteiger partial charge in [-0.25, -0.2) is 0 Å². The van der Waals surface area contributed by atoms with Crippen molar-refractivity contribution in [2.45, 2.75) is 64.3 Å². The van der Waals surface area contributed by atoms with Gasteiger partial charge in [-0.3, -0.25) is 4.90 Å². The van der Waals surface area contributed by atoms with E-state index in [-0.39, 0.29) is 0 Å². The summed E-state index contributed by atoms with van der Waals surface area (Å²) in [5, 5.41) is 0. The van der Waals surface area contributed by atoms with Crippen LogP contribution in [-0.4, -0.2) is 54.6 Å². The van der Waals surface area contributed by atoms with E-state index in [2.05, 4.69) is 23.6 Å². The second kappa shape index (κ2) is 7.77. The van der Waals surface area contributed by atoms with Gasteiger partial charge in [0.25, 0.3) is 0 Å². The van der Waals surface area contributed by atoms with Gasteiger partial charge in [-0.05, 0) is 38.1 Å². The van der Waals surface area contributed by atoms with Gasteiger partial charge >= 0.3 is 0 Å². The van der Waals surface area contributed by atoms with E-state index < -0.39 is 0 Å². The molecule has 0 aromatic heterocycles. The average Bonchev–Trinajstić information content (AvgIpc) is 2.71. The molecule has 1 saturated heterocycles. The molecule has 2 rings (SSSR count). The number of nitrogens with zero attached hydrogens (tertiary/aromatic N) is 2. The molecule has 0 bridgehead atoms. The third-order valence-corrected chi connectivity index (χ3v) is 5.81. The molecule has 0 aromatic carbocycles. The van der Waals surface area contributed by atoms with Crippen molar-refractivity contribution in [1.82, 2.24) is 9.80 Å². The van der Waals surface area contributed by atoms with Gasteiger partial charge in [0.2, 0.25) is 0 Å². The summed E-state index contributed by atoms with van der Waals surface area (Å²) in [5.41, 5.74) is 6.59. The summed E-state index contributed by atoms with van der Waals surface area (Å²) in [5.74, 6) is 0.949. The van der Waals surface area contributed by atoms with Gasteiger partial charge in [-0.1, -0.05) is 33.1 Å². The van der Waals surface area contributed by atoms with Gasteiger partial charge in [0.1, 0.15) is 0 Å². The van der Waals surface area contributed by atoms with Crippen LogP contribution < -0.4 is 5.73 Å². The molecular weight excluding hydrogens is 246 g/mol. The highest BCUT2D eigenvalue weighted by atomic mass is 15.3. The zero-order valence-electron chi connectivity index (χ0n) is 13.7. The maximum Gasteiger partial charge on any atom is 0.0332 e. The smallest absolute Gasteiger partial charge is 0.0332 e. The van der Waals surface area contributed by atoms with Crippen LogP contribution in [-0.2, 0) is 0 Å². The van der Waals surface area contributed by atoms with Crippen molar-refractivity contribution < 1.29 is 0 Å². The lowest BCUT2D eigenvalue weighted by Gasteiger charge is -2.47. The average molecular weight is 281 g/mol. The van der Waals surface area contributed by atoms with Crippen LogP contribution in [0.1, 0.15) is 58.8 Å². The molecule has 2 N–H and O–H groups in total. The van der Waals surface area contributed by atoms with E-state index in [9.17, 15) is 0 Å². The Bertz CT molecular complexity index is 273. The van der Waals surface area contributed by atoms with Gasteiger partial charge in [0, 0.05) is 38.3 Å². The van der Waals surface area contributed by atoms with E-state index in [4.69, 9.17) is 5.73 Å². The number of piperazine rings is 1. The summed E-state index contributed by atoms with van der Waals surface area (Å²) in [7, 11) is 0. The van der Waals surface area contributed by atoms with Crippen molar-refractivity contribution in [2.24, 2.45) is 11.7 Å². The zero-order chi connectivity index (χ0) is 14.4. The molecule has 118 valence electrons. The number of nitrogens with two attached hydrogens (primary N) is 1. The van der Waals surface area contributed by atoms with Gasteiger partial charge in [-0.2, -0.15) is 0 Å². The highest BCUT2D eigenvalue weighted by Gasteiger charge is 2.38. The van der Waals surface area contributed by atoms with Crippen LogP contribution in [0.4, 0.5) is 0 Å². The maximum atomic E-state index is 6.26. The Kier molecular flexibility index (Phi) is 6.31. The highest BCUT2D eigenvalue weighted by molar-refractivity contribution is 4.96. The molecule has 2 atom stereocenters. The summed E-state index contributed by atoms with van der Waals surface area (Å²) in [6.07, 6.45) is 9.48. The lowest BCUT2D eigenvalue weighted by Crippen LogP contribution is -2.60. The monoisotopic (exact) mass is 281 g/mol. The van der Waals surface area contributed by atoms with Crippen molar-refractivity contribution in [3.8, 4) is 0 Å². The summed E-state index contributed by atoms with van der Waals surface area (Å²) < 4.78 is 0. The summed E-state index contributed by atoms with van der Waals surface area (Å²) in [6, 6.07) is 0. The van der Waals surface area contributed by atoms with Crippen LogP contribution in [0, 0.1) is 5.92 Å². The van der Waals surface area contributed by atoms with Crippen LogP contribution in [0.2, 0.25) is 0 Å². The molecule has 0 spiro atoms. The van der Waals surface area contributed by atoms with Crippen LogP contribution in [0.5, 0.6) is 0 Å². The van der Waals surface area contributed by atoms with E-state index in [0.717, 1.165) is 12.5 Å². The third-order valence-electron chi connectivity index (χ3n) is 5.81. The quantitative estimate of drug-likeness (QED) is 0.787. The van der Waals surface area contributed by atoms with Crippen molar-refractivity contribution >= 4 is 0 Å². The third kappa shape index (κ3) is 3.75. The molecule has 1 heterocycles. The van der Waals surface area contributed by atoms with Gasteiger partial charge < -0.3 is 10.6 Å². The molecule has 20 heavy (non-hydrogen) atoms.